The summed E-state index contributed by atoms with van der Waals surface area (Å²) in [6.45, 7) is 3.64. The fourth-order valence-electron chi connectivity index (χ4n) is 1.52. The standard InChI is InChI=1S/C13H15N3OS/c1-3-4-11(14)13-15-12(16-17-13)9-5-7-10(18-2)8-6-9/h3,5-8,11H,1,4,14H2,2H3. The molecule has 0 aliphatic rings. The highest BCUT2D eigenvalue weighted by molar-refractivity contribution is 7.98. The van der Waals surface area contributed by atoms with Crippen molar-refractivity contribution < 1.29 is 4.52 Å². The van der Waals surface area contributed by atoms with Crippen molar-refractivity contribution in [1.29, 1.82) is 0 Å². The molecule has 2 aromatic rings. The van der Waals surface area contributed by atoms with Crippen LogP contribution in [0.3, 0.4) is 0 Å². The molecule has 4 nitrogen and oxygen atoms in total. The second-order valence-corrected chi connectivity index (χ2v) is 4.70. The third-order valence-electron chi connectivity index (χ3n) is 2.53. The van der Waals surface area contributed by atoms with Crippen LogP contribution in [0.2, 0.25) is 0 Å². The van der Waals surface area contributed by atoms with E-state index in [0.717, 1.165) is 5.56 Å². The van der Waals surface area contributed by atoms with Gasteiger partial charge in [0.25, 0.3) is 0 Å². The van der Waals surface area contributed by atoms with Gasteiger partial charge in [0.2, 0.25) is 11.7 Å². The molecule has 0 saturated heterocycles. The Hall–Kier alpha value is -1.59. The van der Waals surface area contributed by atoms with E-state index in [0.29, 0.717) is 18.1 Å². The van der Waals surface area contributed by atoms with Gasteiger partial charge in [-0.3, -0.25) is 0 Å². The lowest BCUT2D eigenvalue weighted by molar-refractivity contribution is 0.356. The first-order valence-corrected chi connectivity index (χ1v) is 6.81. The molecule has 2 rings (SSSR count). The number of nitrogens with two attached hydrogens (primary N) is 1. The molecule has 1 atom stereocenters. The summed E-state index contributed by atoms with van der Waals surface area (Å²) in [5.74, 6) is 1.01. The SMILES string of the molecule is C=CCC(N)c1nc(-c2ccc(SC)cc2)no1. The highest BCUT2D eigenvalue weighted by Gasteiger charge is 2.14. The van der Waals surface area contributed by atoms with Gasteiger partial charge in [-0.25, -0.2) is 0 Å². The highest BCUT2D eigenvalue weighted by atomic mass is 32.2. The first kappa shape index (κ1) is 12.9. The van der Waals surface area contributed by atoms with Crippen molar-refractivity contribution in [2.45, 2.75) is 17.4 Å². The number of thioether (sulfide) groups is 1. The average Bonchev–Trinajstić information content (AvgIpc) is 2.89. The topological polar surface area (TPSA) is 64.9 Å². The van der Waals surface area contributed by atoms with Crippen molar-refractivity contribution in [2.24, 2.45) is 5.73 Å². The predicted octanol–water partition coefficient (Wildman–Crippen LogP) is 3.03. The molecule has 2 N–H and O–H groups in total. The quantitative estimate of drug-likeness (QED) is 0.662. The van der Waals surface area contributed by atoms with Gasteiger partial charge in [-0.2, -0.15) is 4.98 Å². The van der Waals surface area contributed by atoms with Gasteiger partial charge in [-0.05, 0) is 36.9 Å². The molecule has 94 valence electrons. The van der Waals surface area contributed by atoms with E-state index in [-0.39, 0.29) is 6.04 Å². The zero-order chi connectivity index (χ0) is 13.0. The third-order valence-corrected chi connectivity index (χ3v) is 3.27. The maximum absolute atomic E-state index is 5.87. The van der Waals surface area contributed by atoms with E-state index in [1.54, 1.807) is 17.8 Å². The molecule has 0 saturated carbocycles. The Kier molecular flexibility index (Phi) is 4.17. The van der Waals surface area contributed by atoms with Crippen LogP contribution in [-0.4, -0.2) is 16.4 Å². The number of nitrogens with zero attached hydrogens (tertiary/aromatic N) is 2. The van der Waals surface area contributed by atoms with Gasteiger partial charge < -0.3 is 10.3 Å². The Labute approximate surface area is 110 Å². The van der Waals surface area contributed by atoms with E-state index in [1.807, 2.05) is 30.5 Å². The summed E-state index contributed by atoms with van der Waals surface area (Å²) in [5.41, 5.74) is 6.80. The zero-order valence-corrected chi connectivity index (χ0v) is 11.0. The maximum atomic E-state index is 5.87. The monoisotopic (exact) mass is 261 g/mol. The average molecular weight is 261 g/mol. The first-order chi connectivity index (χ1) is 8.74. The van der Waals surface area contributed by atoms with E-state index in [4.69, 9.17) is 10.3 Å². The van der Waals surface area contributed by atoms with Gasteiger partial charge in [0.15, 0.2) is 0 Å². The van der Waals surface area contributed by atoms with Gasteiger partial charge in [-0.15, -0.1) is 18.3 Å². The summed E-state index contributed by atoms with van der Waals surface area (Å²) in [4.78, 5) is 5.50. The van der Waals surface area contributed by atoms with Gasteiger partial charge in [0, 0.05) is 10.5 Å². The minimum atomic E-state index is -0.283. The smallest absolute Gasteiger partial charge is 0.244 e. The zero-order valence-electron chi connectivity index (χ0n) is 10.2. The van der Waals surface area contributed by atoms with Crippen molar-refractivity contribution in [3.63, 3.8) is 0 Å². The van der Waals surface area contributed by atoms with Crippen LogP contribution in [0.5, 0.6) is 0 Å². The Balaban J connectivity index is 2.20. The molecule has 0 aliphatic heterocycles. The van der Waals surface area contributed by atoms with E-state index in [1.165, 1.54) is 4.90 Å². The predicted molar refractivity (Wildman–Crippen MR) is 73.3 cm³/mol. The van der Waals surface area contributed by atoms with E-state index in [2.05, 4.69) is 16.7 Å². The van der Waals surface area contributed by atoms with Crippen molar-refractivity contribution in [3.05, 3.63) is 42.8 Å². The van der Waals surface area contributed by atoms with Gasteiger partial charge >= 0.3 is 0 Å². The van der Waals surface area contributed by atoms with Gasteiger partial charge in [0.05, 0.1) is 6.04 Å². The molecular formula is C13H15N3OS. The van der Waals surface area contributed by atoms with Crippen molar-refractivity contribution in [1.82, 2.24) is 10.1 Å². The molecule has 1 unspecified atom stereocenters. The molecule has 0 aliphatic carbocycles. The third kappa shape index (κ3) is 2.80. The van der Waals surface area contributed by atoms with Crippen LogP contribution in [0.25, 0.3) is 11.4 Å². The summed E-state index contributed by atoms with van der Waals surface area (Å²) in [7, 11) is 0. The highest BCUT2D eigenvalue weighted by Crippen LogP contribution is 2.22. The van der Waals surface area contributed by atoms with Crippen LogP contribution in [-0.2, 0) is 0 Å². The van der Waals surface area contributed by atoms with Crippen molar-refractivity contribution >= 4 is 11.8 Å². The largest absolute Gasteiger partial charge is 0.337 e. The molecule has 0 radical (unpaired) electrons. The summed E-state index contributed by atoms with van der Waals surface area (Å²) >= 11 is 1.69. The molecule has 0 spiro atoms. The van der Waals surface area contributed by atoms with Crippen LogP contribution in [0.15, 0.2) is 46.3 Å². The van der Waals surface area contributed by atoms with Crippen molar-refractivity contribution in [2.75, 3.05) is 6.26 Å². The summed E-state index contributed by atoms with van der Waals surface area (Å²) in [6.07, 6.45) is 4.39. The molecule has 1 aromatic heterocycles. The fourth-order valence-corrected chi connectivity index (χ4v) is 1.93. The molecule has 18 heavy (non-hydrogen) atoms. The van der Waals surface area contributed by atoms with E-state index in [9.17, 15) is 0 Å². The Morgan fingerprint density at radius 2 is 2.17 bits per heavy atom. The Bertz CT molecular complexity index is 521. The van der Waals surface area contributed by atoms with Crippen molar-refractivity contribution in [3.8, 4) is 11.4 Å². The van der Waals surface area contributed by atoms with Crippen LogP contribution in [0.4, 0.5) is 0 Å². The number of benzene rings is 1. The summed E-state index contributed by atoms with van der Waals surface area (Å²) in [6, 6.07) is 7.72. The number of aromatic nitrogens is 2. The van der Waals surface area contributed by atoms with E-state index >= 15 is 0 Å². The number of hydrogen-bond donors (Lipinski definition) is 1. The van der Waals surface area contributed by atoms with Gasteiger partial charge in [-0.1, -0.05) is 11.2 Å². The second-order valence-electron chi connectivity index (χ2n) is 3.82. The van der Waals surface area contributed by atoms with Gasteiger partial charge in [0.1, 0.15) is 0 Å². The number of hydrogen-bond acceptors (Lipinski definition) is 5. The minimum Gasteiger partial charge on any atom is -0.337 e. The summed E-state index contributed by atoms with van der Waals surface area (Å²) < 4.78 is 5.15. The molecule has 1 aromatic carbocycles. The second kappa shape index (κ2) is 5.84. The molecule has 0 bridgehead atoms. The summed E-state index contributed by atoms with van der Waals surface area (Å²) in [5, 5.41) is 3.94. The lowest BCUT2D eigenvalue weighted by Crippen LogP contribution is -2.09. The number of rotatable bonds is 5. The van der Waals surface area contributed by atoms with Crippen LogP contribution in [0.1, 0.15) is 18.4 Å². The molecule has 5 heteroatoms. The lowest BCUT2D eigenvalue weighted by atomic mass is 10.2. The van der Waals surface area contributed by atoms with Crippen LogP contribution < -0.4 is 5.73 Å². The Morgan fingerprint density at radius 1 is 1.44 bits per heavy atom. The molecule has 1 heterocycles. The fraction of sp³-hybridized carbons (Fsp3) is 0.231. The lowest BCUT2D eigenvalue weighted by Gasteiger charge is -2.00. The minimum absolute atomic E-state index is 0.283. The molecule has 0 amide bonds. The van der Waals surface area contributed by atoms with Crippen LogP contribution >= 0.6 is 11.8 Å². The van der Waals surface area contributed by atoms with E-state index < -0.39 is 0 Å². The molecular weight excluding hydrogens is 246 g/mol. The molecule has 0 fully saturated rings. The van der Waals surface area contributed by atoms with Crippen LogP contribution in [0, 0.1) is 0 Å². The normalized spacial score (nSPS) is 12.3. The maximum Gasteiger partial charge on any atom is 0.244 e. The Morgan fingerprint density at radius 3 is 2.78 bits per heavy atom. The first-order valence-electron chi connectivity index (χ1n) is 5.59.